The topological polar surface area (TPSA) is 55.4 Å². The van der Waals surface area contributed by atoms with Gasteiger partial charge in [-0.15, -0.1) is 0 Å². The molecule has 4 nitrogen and oxygen atoms in total. The van der Waals surface area contributed by atoms with Crippen LogP contribution in [0, 0.1) is 5.82 Å². The molecule has 0 aliphatic carbocycles. The van der Waals surface area contributed by atoms with E-state index in [1.54, 1.807) is 36.4 Å². The molecule has 0 saturated carbocycles. The molecule has 0 unspecified atom stereocenters. The highest BCUT2D eigenvalue weighted by atomic mass is 19.1. The molecule has 0 aliphatic rings. The van der Waals surface area contributed by atoms with E-state index in [-0.39, 0.29) is 11.3 Å². The molecule has 0 heterocycles. The zero-order valence-corrected chi connectivity index (χ0v) is 11.9. The van der Waals surface area contributed by atoms with Crippen LogP contribution in [-0.2, 0) is 9.53 Å². The Labute approximate surface area is 127 Å². The third kappa shape index (κ3) is 3.79. The van der Waals surface area contributed by atoms with Crippen LogP contribution in [0.4, 0.5) is 4.39 Å². The van der Waals surface area contributed by atoms with Crippen molar-refractivity contribution < 1.29 is 18.7 Å². The normalized spacial score (nSPS) is 10.9. The largest absolute Gasteiger partial charge is 0.464 e. The third-order valence-electron chi connectivity index (χ3n) is 2.89. The molecule has 2 aromatic rings. The van der Waals surface area contributed by atoms with E-state index in [9.17, 15) is 14.0 Å². The molecule has 0 bridgehead atoms. The smallest absolute Gasteiger partial charge is 0.354 e. The van der Waals surface area contributed by atoms with Gasteiger partial charge in [0.25, 0.3) is 5.91 Å². The second-order valence-electron chi connectivity index (χ2n) is 4.39. The van der Waals surface area contributed by atoms with E-state index >= 15 is 0 Å². The average Bonchev–Trinajstić information content (AvgIpc) is 2.56. The van der Waals surface area contributed by atoms with Gasteiger partial charge in [0, 0.05) is 11.1 Å². The molecule has 0 fully saturated rings. The zero-order valence-electron chi connectivity index (χ0n) is 11.9. The standard InChI is InChI=1S/C17H14FNO3/c1-22-17(21)15(11-13-9-5-6-10-14(13)18)19-16(20)12-7-3-2-4-8-12/h2-11H,1H3,(H,19,20)/b15-11-. The lowest BCUT2D eigenvalue weighted by Gasteiger charge is -2.08. The number of methoxy groups -OCH3 is 1. The molecule has 1 amide bonds. The highest BCUT2D eigenvalue weighted by Crippen LogP contribution is 2.12. The summed E-state index contributed by atoms with van der Waals surface area (Å²) in [7, 11) is 1.19. The fraction of sp³-hybridized carbons (Fsp3) is 0.0588. The van der Waals surface area contributed by atoms with Gasteiger partial charge < -0.3 is 10.1 Å². The predicted octanol–water partition coefficient (Wildman–Crippen LogP) is 2.77. The molecule has 0 spiro atoms. The molecule has 5 heteroatoms. The van der Waals surface area contributed by atoms with Crippen molar-refractivity contribution >= 4 is 18.0 Å². The van der Waals surface area contributed by atoms with Crippen molar-refractivity contribution in [3.8, 4) is 0 Å². The Bertz CT molecular complexity index is 711. The van der Waals surface area contributed by atoms with Gasteiger partial charge in [-0.05, 0) is 24.3 Å². The molecule has 1 N–H and O–H groups in total. The van der Waals surface area contributed by atoms with Gasteiger partial charge in [0.05, 0.1) is 7.11 Å². The van der Waals surface area contributed by atoms with Crippen LogP contribution in [-0.4, -0.2) is 19.0 Å². The van der Waals surface area contributed by atoms with Crippen molar-refractivity contribution in [1.29, 1.82) is 0 Å². The van der Waals surface area contributed by atoms with E-state index in [4.69, 9.17) is 0 Å². The summed E-state index contributed by atoms with van der Waals surface area (Å²) in [6, 6.07) is 14.3. The fourth-order valence-electron chi connectivity index (χ4n) is 1.79. The van der Waals surface area contributed by atoms with Crippen LogP contribution in [0.2, 0.25) is 0 Å². The van der Waals surface area contributed by atoms with E-state index in [2.05, 4.69) is 10.1 Å². The van der Waals surface area contributed by atoms with Gasteiger partial charge in [-0.1, -0.05) is 36.4 Å². The summed E-state index contributed by atoms with van der Waals surface area (Å²) in [6.45, 7) is 0. The fourth-order valence-corrected chi connectivity index (χ4v) is 1.79. The Balaban J connectivity index is 2.30. The lowest BCUT2D eigenvalue weighted by atomic mass is 10.1. The summed E-state index contributed by atoms with van der Waals surface area (Å²) >= 11 is 0. The van der Waals surface area contributed by atoms with Gasteiger partial charge in [0.15, 0.2) is 0 Å². The quantitative estimate of drug-likeness (QED) is 0.697. The van der Waals surface area contributed by atoms with E-state index in [0.717, 1.165) is 0 Å². The molecule has 2 rings (SSSR count). The number of amides is 1. The van der Waals surface area contributed by atoms with Crippen LogP contribution >= 0.6 is 0 Å². The Morgan fingerprint density at radius 3 is 2.32 bits per heavy atom. The number of benzene rings is 2. The van der Waals surface area contributed by atoms with E-state index < -0.39 is 17.7 Å². The van der Waals surface area contributed by atoms with Gasteiger partial charge in [-0.3, -0.25) is 4.79 Å². The lowest BCUT2D eigenvalue weighted by molar-refractivity contribution is -0.136. The summed E-state index contributed by atoms with van der Waals surface area (Å²) in [5.74, 6) is -1.74. The monoisotopic (exact) mass is 299 g/mol. The van der Waals surface area contributed by atoms with Crippen LogP contribution < -0.4 is 5.32 Å². The second kappa shape index (κ2) is 7.17. The van der Waals surface area contributed by atoms with Crippen molar-refractivity contribution in [3.05, 3.63) is 77.2 Å². The van der Waals surface area contributed by atoms with Crippen LogP contribution in [0.3, 0.4) is 0 Å². The summed E-state index contributed by atoms with van der Waals surface area (Å²) in [6.07, 6.45) is 1.24. The predicted molar refractivity (Wildman–Crippen MR) is 80.3 cm³/mol. The van der Waals surface area contributed by atoms with Crippen molar-refractivity contribution in [2.75, 3.05) is 7.11 Å². The average molecular weight is 299 g/mol. The number of halogens is 1. The molecule has 0 aliphatic heterocycles. The number of hydrogen-bond acceptors (Lipinski definition) is 3. The molecular weight excluding hydrogens is 285 g/mol. The molecule has 22 heavy (non-hydrogen) atoms. The Morgan fingerprint density at radius 1 is 1.05 bits per heavy atom. The van der Waals surface area contributed by atoms with E-state index in [1.165, 1.54) is 31.4 Å². The molecular formula is C17H14FNO3. The first kappa shape index (κ1) is 15.4. The van der Waals surface area contributed by atoms with Crippen LogP contribution in [0.15, 0.2) is 60.3 Å². The highest BCUT2D eigenvalue weighted by molar-refractivity contribution is 6.03. The molecule has 0 saturated heterocycles. The molecule has 0 radical (unpaired) electrons. The molecule has 0 aromatic heterocycles. The van der Waals surface area contributed by atoms with Crippen molar-refractivity contribution in [2.24, 2.45) is 0 Å². The Kier molecular flexibility index (Phi) is 5.03. The molecule has 2 aromatic carbocycles. The number of rotatable bonds is 4. The van der Waals surface area contributed by atoms with Crippen molar-refractivity contribution in [3.63, 3.8) is 0 Å². The highest BCUT2D eigenvalue weighted by Gasteiger charge is 2.15. The third-order valence-corrected chi connectivity index (χ3v) is 2.89. The number of ether oxygens (including phenoxy) is 1. The minimum Gasteiger partial charge on any atom is -0.464 e. The lowest BCUT2D eigenvalue weighted by Crippen LogP contribution is -2.28. The number of hydrogen-bond donors (Lipinski definition) is 1. The Morgan fingerprint density at radius 2 is 1.68 bits per heavy atom. The van der Waals surface area contributed by atoms with Crippen LogP contribution in [0.5, 0.6) is 0 Å². The summed E-state index contributed by atoms with van der Waals surface area (Å²) in [5, 5.41) is 2.44. The van der Waals surface area contributed by atoms with Crippen molar-refractivity contribution in [2.45, 2.75) is 0 Å². The minimum atomic E-state index is -0.757. The first-order valence-corrected chi connectivity index (χ1v) is 6.52. The summed E-state index contributed by atoms with van der Waals surface area (Å²) in [5.41, 5.74) is 0.420. The maximum absolute atomic E-state index is 13.7. The molecule has 0 atom stereocenters. The van der Waals surface area contributed by atoms with Gasteiger partial charge in [0.1, 0.15) is 11.5 Å². The number of carbonyl (C=O) groups is 2. The van der Waals surface area contributed by atoms with Gasteiger partial charge in [0.2, 0.25) is 0 Å². The number of nitrogens with one attached hydrogen (secondary N) is 1. The maximum atomic E-state index is 13.7. The SMILES string of the molecule is COC(=O)/C(=C/c1ccccc1F)NC(=O)c1ccccc1. The second-order valence-corrected chi connectivity index (χ2v) is 4.39. The first-order valence-electron chi connectivity index (χ1n) is 6.52. The first-order chi connectivity index (χ1) is 10.6. The van der Waals surface area contributed by atoms with Gasteiger partial charge in [-0.25, -0.2) is 9.18 Å². The van der Waals surface area contributed by atoms with E-state index in [0.29, 0.717) is 5.56 Å². The Hall–Kier alpha value is -2.95. The number of carbonyl (C=O) groups excluding carboxylic acids is 2. The minimum absolute atomic E-state index is 0.138. The van der Waals surface area contributed by atoms with E-state index in [1.807, 2.05) is 0 Å². The summed E-state index contributed by atoms with van der Waals surface area (Å²) in [4.78, 5) is 23.9. The van der Waals surface area contributed by atoms with Gasteiger partial charge in [-0.2, -0.15) is 0 Å². The number of esters is 1. The van der Waals surface area contributed by atoms with Gasteiger partial charge >= 0.3 is 5.97 Å². The molecule has 112 valence electrons. The van der Waals surface area contributed by atoms with Crippen LogP contribution in [0.25, 0.3) is 6.08 Å². The van der Waals surface area contributed by atoms with Crippen molar-refractivity contribution in [1.82, 2.24) is 5.32 Å². The maximum Gasteiger partial charge on any atom is 0.354 e. The zero-order chi connectivity index (χ0) is 15.9. The summed E-state index contributed by atoms with van der Waals surface area (Å²) < 4.78 is 18.3. The van der Waals surface area contributed by atoms with Crippen LogP contribution in [0.1, 0.15) is 15.9 Å².